The summed E-state index contributed by atoms with van der Waals surface area (Å²) >= 11 is 0. The van der Waals surface area contributed by atoms with E-state index in [1.165, 1.54) is 0 Å². The van der Waals surface area contributed by atoms with Gasteiger partial charge in [-0.15, -0.1) is 0 Å². The van der Waals surface area contributed by atoms with E-state index in [1.54, 1.807) is 12.5 Å². The second kappa shape index (κ2) is 5.34. The number of hydrogen-bond acceptors (Lipinski definition) is 2. The molecule has 1 rings (SSSR count). The zero-order valence-corrected chi connectivity index (χ0v) is 9.05. The first-order chi connectivity index (χ1) is 7.15. The molecule has 15 heavy (non-hydrogen) atoms. The molecule has 1 heterocycles. The molecule has 1 unspecified atom stereocenters. The average Bonchev–Trinajstić information content (AvgIpc) is 2.66. The molecule has 1 aromatic rings. The van der Waals surface area contributed by atoms with Crippen LogP contribution in [0.25, 0.3) is 0 Å². The molecule has 1 aromatic heterocycles. The van der Waals surface area contributed by atoms with Crippen molar-refractivity contribution >= 4 is 5.97 Å². The first-order valence-electron chi connectivity index (χ1n) is 5.03. The van der Waals surface area contributed by atoms with E-state index in [-0.39, 0.29) is 11.7 Å². The molecule has 0 aliphatic heterocycles. The molecule has 0 aliphatic rings. The Kier molecular flexibility index (Phi) is 4.09. The molecule has 0 saturated heterocycles. The summed E-state index contributed by atoms with van der Waals surface area (Å²) in [6.45, 7) is 4.04. The van der Waals surface area contributed by atoms with Crippen LogP contribution in [0.2, 0.25) is 0 Å². The maximum atomic E-state index is 10.6. The van der Waals surface area contributed by atoms with Crippen molar-refractivity contribution in [1.29, 1.82) is 0 Å². The van der Waals surface area contributed by atoms with Crippen LogP contribution in [0.1, 0.15) is 43.2 Å². The minimum atomic E-state index is -0.977. The third-order valence-electron chi connectivity index (χ3n) is 2.32. The lowest BCUT2D eigenvalue weighted by Crippen LogP contribution is -2.02. The molecular weight excluding hydrogens is 192 g/mol. The predicted molar refractivity (Wildman–Crippen MR) is 57.9 cm³/mol. The smallest absolute Gasteiger partial charge is 0.356 e. The molecule has 0 bridgehead atoms. The second-order valence-corrected chi connectivity index (χ2v) is 3.51. The number of carboxylic acids is 1. The number of rotatable bonds is 5. The minimum Gasteiger partial charge on any atom is -0.476 e. The monoisotopic (exact) mass is 208 g/mol. The molecule has 1 N–H and O–H groups in total. The molecule has 0 aliphatic carbocycles. The molecule has 0 amide bonds. The van der Waals surface area contributed by atoms with Gasteiger partial charge in [0.2, 0.25) is 0 Å². The molecule has 0 radical (unpaired) electrons. The van der Waals surface area contributed by atoms with E-state index in [0.29, 0.717) is 0 Å². The zero-order chi connectivity index (χ0) is 11.3. The largest absolute Gasteiger partial charge is 0.476 e. The summed E-state index contributed by atoms with van der Waals surface area (Å²) in [5.41, 5.74) is 0.105. The highest BCUT2D eigenvalue weighted by Gasteiger charge is 2.09. The number of nitrogens with zero attached hydrogens (tertiary/aromatic N) is 2. The number of carbonyl (C=O) groups is 1. The van der Waals surface area contributed by atoms with Crippen molar-refractivity contribution in [3.63, 3.8) is 0 Å². The molecular formula is C11H16N2O2. The van der Waals surface area contributed by atoms with E-state index < -0.39 is 5.97 Å². The predicted octanol–water partition coefficient (Wildman–Crippen LogP) is 2.50. The Bertz CT molecular complexity index is 355. The Morgan fingerprint density at radius 3 is 3.00 bits per heavy atom. The van der Waals surface area contributed by atoms with Gasteiger partial charge in [0, 0.05) is 12.2 Å². The lowest BCUT2D eigenvalue weighted by Gasteiger charge is -2.10. The van der Waals surface area contributed by atoms with Crippen molar-refractivity contribution in [2.24, 2.45) is 0 Å². The average molecular weight is 208 g/mol. The maximum absolute atomic E-state index is 10.6. The van der Waals surface area contributed by atoms with Crippen molar-refractivity contribution in [1.82, 2.24) is 9.55 Å². The number of imidazole rings is 1. The van der Waals surface area contributed by atoms with Crippen LogP contribution in [-0.4, -0.2) is 20.6 Å². The molecule has 1 atom stereocenters. The summed E-state index contributed by atoms with van der Waals surface area (Å²) in [4.78, 5) is 14.4. The van der Waals surface area contributed by atoms with Gasteiger partial charge in [0.1, 0.15) is 0 Å². The highest BCUT2D eigenvalue weighted by molar-refractivity contribution is 5.84. The highest BCUT2D eigenvalue weighted by atomic mass is 16.4. The number of aromatic carboxylic acids is 1. The van der Waals surface area contributed by atoms with Crippen LogP contribution < -0.4 is 0 Å². The normalized spacial score (nSPS) is 13.2. The zero-order valence-electron chi connectivity index (χ0n) is 9.05. The lowest BCUT2D eigenvalue weighted by molar-refractivity contribution is 0.0691. The van der Waals surface area contributed by atoms with E-state index in [4.69, 9.17) is 5.11 Å². The van der Waals surface area contributed by atoms with Crippen molar-refractivity contribution in [2.45, 2.75) is 32.7 Å². The van der Waals surface area contributed by atoms with Gasteiger partial charge in [-0.25, -0.2) is 9.78 Å². The van der Waals surface area contributed by atoms with E-state index >= 15 is 0 Å². The van der Waals surface area contributed by atoms with Crippen LogP contribution in [0, 0.1) is 0 Å². The fraction of sp³-hybridized carbons (Fsp3) is 0.455. The van der Waals surface area contributed by atoms with Crippen molar-refractivity contribution < 1.29 is 9.90 Å². The van der Waals surface area contributed by atoms with Gasteiger partial charge in [-0.1, -0.05) is 12.2 Å². The third kappa shape index (κ3) is 3.23. The summed E-state index contributed by atoms with van der Waals surface area (Å²) in [5.74, 6) is -0.977. The second-order valence-electron chi connectivity index (χ2n) is 3.51. The first kappa shape index (κ1) is 11.5. The van der Waals surface area contributed by atoms with Crippen molar-refractivity contribution in [3.8, 4) is 0 Å². The summed E-state index contributed by atoms with van der Waals surface area (Å²) in [5, 5.41) is 8.71. The fourth-order valence-electron chi connectivity index (χ4n) is 1.34. The van der Waals surface area contributed by atoms with Crippen LogP contribution in [0.3, 0.4) is 0 Å². The minimum absolute atomic E-state index is 0.105. The fourth-order valence-corrected chi connectivity index (χ4v) is 1.34. The van der Waals surface area contributed by atoms with Gasteiger partial charge in [0.05, 0.1) is 6.33 Å². The lowest BCUT2D eigenvalue weighted by atomic mass is 10.2. The van der Waals surface area contributed by atoms with Crippen LogP contribution in [-0.2, 0) is 0 Å². The molecule has 0 spiro atoms. The van der Waals surface area contributed by atoms with E-state index in [0.717, 1.165) is 12.8 Å². The summed E-state index contributed by atoms with van der Waals surface area (Å²) in [7, 11) is 0. The van der Waals surface area contributed by atoms with Crippen LogP contribution in [0.5, 0.6) is 0 Å². The number of allylic oxidation sites excluding steroid dienone is 2. The van der Waals surface area contributed by atoms with Crippen molar-refractivity contribution in [3.05, 3.63) is 30.4 Å². The van der Waals surface area contributed by atoms with Gasteiger partial charge in [-0.2, -0.15) is 0 Å². The third-order valence-corrected chi connectivity index (χ3v) is 2.32. The quantitative estimate of drug-likeness (QED) is 0.756. The molecule has 0 aromatic carbocycles. The Hall–Kier alpha value is -1.58. The van der Waals surface area contributed by atoms with Gasteiger partial charge < -0.3 is 9.67 Å². The maximum Gasteiger partial charge on any atom is 0.356 e. The summed E-state index contributed by atoms with van der Waals surface area (Å²) < 4.78 is 1.84. The Morgan fingerprint density at radius 2 is 2.47 bits per heavy atom. The number of aromatic nitrogens is 2. The topological polar surface area (TPSA) is 55.1 Å². The van der Waals surface area contributed by atoms with Crippen molar-refractivity contribution in [2.75, 3.05) is 0 Å². The standard InChI is InChI=1S/C11H16N2O2/c1-3-4-5-6-9(2)13-7-10(11(14)15)12-8-13/h3-4,7-9H,5-6H2,1-2H3,(H,14,15)/b4-3+. The first-order valence-corrected chi connectivity index (χ1v) is 5.03. The van der Waals surface area contributed by atoms with Crippen LogP contribution in [0.15, 0.2) is 24.7 Å². The van der Waals surface area contributed by atoms with Gasteiger partial charge >= 0.3 is 5.97 Å². The number of hydrogen-bond donors (Lipinski definition) is 1. The van der Waals surface area contributed by atoms with E-state index in [2.05, 4.69) is 18.0 Å². The molecule has 4 heteroatoms. The van der Waals surface area contributed by atoms with Gasteiger partial charge in [0.15, 0.2) is 5.69 Å². The van der Waals surface area contributed by atoms with Gasteiger partial charge in [0.25, 0.3) is 0 Å². The summed E-state index contributed by atoms with van der Waals surface area (Å²) in [6, 6.07) is 0.279. The van der Waals surface area contributed by atoms with E-state index in [1.807, 2.05) is 17.6 Å². The highest BCUT2D eigenvalue weighted by Crippen LogP contribution is 2.13. The Morgan fingerprint density at radius 1 is 1.73 bits per heavy atom. The Balaban J connectivity index is 2.57. The Labute approximate surface area is 89.3 Å². The van der Waals surface area contributed by atoms with E-state index in [9.17, 15) is 4.79 Å². The molecule has 82 valence electrons. The molecule has 0 fully saturated rings. The van der Waals surface area contributed by atoms with Crippen LogP contribution in [0.4, 0.5) is 0 Å². The van der Waals surface area contributed by atoms with Gasteiger partial charge in [-0.3, -0.25) is 0 Å². The molecule has 4 nitrogen and oxygen atoms in total. The molecule has 0 saturated carbocycles. The van der Waals surface area contributed by atoms with Gasteiger partial charge in [-0.05, 0) is 26.7 Å². The van der Waals surface area contributed by atoms with Crippen LogP contribution >= 0.6 is 0 Å². The summed E-state index contributed by atoms with van der Waals surface area (Å²) in [6.07, 6.45) is 9.25. The SMILES string of the molecule is C/C=C/CCC(C)n1cnc(C(=O)O)c1. The number of carboxylic acid groups (broad SMARTS) is 1.